The minimum Gasteiger partial charge on any atom is -0.496 e. The molecule has 0 fully saturated rings. The second-order valence-electron chi connectivity index (χ2n) is 10.0. The Hall–Kier alpha value is -5.42. The van der Waals surface area contributed by atoms with Crippen LogP contribution in [0.2, 0.25) is 0 Å². The largest absolute Gasteiger partial charge is 0.496 e. The number of anilines is 2. The zero-order chi connectivity index (χ0) is 33.8. The molecule has 0 spiro atoms. The normalized spacial score (nSPS) is 11.6. The van der Waals surface area contributed by atoms with Gasteiger partial charge >= 0.3 is 0 Å². The van der Waals surface area contributed by atoms with Gasteiger partial charge in [0.25, 0.3) is 11.8 Å². The number of hydrogen-bond donors (Lipinski definition) is 3. The second kappa shape index (κ2) is 16.8. The van der Waals surface area contributed by atoms with E-state index in [-0.39, 0.29) is 11.6 Å². The highest BCUT2D eigenvalue weighted by Gasteiger charge is 2.19. The molecule has 0 radical (unpaired) electrons. The fourth-order valence-electron chi connectivity index (χ4n) is 4.41. The Labute approximate surface area is 278 Å². The average Bonchev–Trinajstić information content (AvgIpc) is 3.09. The fraction of sp³-hybridized carbons (Fsp3) is 0.194. The molecule has 0 aliphatic carbocycles. The molecule has 10 nitrogen and oxygen atoms in total. The molecular formula is C36H37N3O7S. The van der Waals surface area contributed by atoms with Crippen LogP contribution in [0.5, 0.6) is 23.0 Å². The van der Waals surface area contributed by atoms with Crippen LogP contribution in [0.3, 0.4) is 0 Å². The lowest BCUT2D eigenvalue weighted by Gasteiger charge is -2.15. The number of benzene rings is 4. The van der Waals surface area contributed by atoms with Crippen molar-refractivity contribution >= 4 is 46.9 Å². The molecule has 0 aliphatic heterocycles. The van der Waals surface area contributed by atoms with Crippen molar-refractivity contribution in [2.75, 3.05) is 38.6 Å². The highest BCUT2D eigenvalue weighted by Crippen LogP contribution is 2.36. The van der Waals surface area contributed by atoms with Crippen LogP contribution in [0, 0.1) is 0 Å². The maximum absolute atomic E-state index is 13.7. The Morgan fingerprint density at radius 2 is 1.45 bits per heavy atom. The third kappa shape index (κ3) is 9.54. The van der Waals surface area contributed by atoms with Crippen molar-refractivity contribution in [2.24, 2.45) is 0 Å². The molecule has 4 aromatic carbocycles. The van der Waals surface area contributed by atoms with Gasteiger partial charge in [-0.15, -0.1) is 11.8 Å². The third-order valence-electron chi connectivity index (χ3n) is 6.77. The van der Waals surface area contributed by atoms with Crippen LogP contribution in [0.15, 0.2) is 102 Å². The Morgan fingerprint density at radius 3 is 2.11 bits per heavy atom. The Balaban J connectivity index is 1.54. The smallest absolute Gasteiger partial charge is 0.272 e. The van der Waals surface area contributed by atoms with E-state index in [0.29, 0.717) is 46.4 Å². The molecule has 0 heterocycles. The van der Waals surface area contributed by atoms with E-state index in [0.717, 1.165) is 10.6 Å². The maximum atomic E-state index is 13.7. The van der Waals surface area contributed by atoms with Crippen LogP contribution in [-0.4, -0.2) is 50.9 Å². The van der Waals surface area contributed by atoms with Crippen molar-refractivity contribution in [1.29, 1.82) is 0 Å². The van der Waals surface area contributed by atoms with Gasteiger partial charge in [0.15, 0.2) is 11.5 Å². The first-order chi connectivity index (χ1) is 22.7. The number of thioether (sulfide) groups is 1. The molecule has 11 heteroatoms. The Kier molecular flexibility index (Phi) is 12.3. The second-order valence-corrected chi connectivity index (χ2v) is 11.4. The third-order valence-corrected chi connectivity index (χ3v) is 7.87. The van der Waals surface area contributed by atoms with E-state index in [9.17, 15) is 14.4 Å². The van der Waals surface area contributed by atoms with Gasteiger partial charge in [-0.1, -0.05) is 24.3 Å². The van der Waals surface area contributed by atoms with Crippen LogP contribution >= 0.6 is 11.8 Å². The SMILES string of the molecule is CCOc1ccc(NC(=O)C(C)Sc2cccc(NC(=O)/C(=C\c3cc(OC)c(OC)cc3OC)NC(=O)c3ccccc3)c2)cc1. The highest BCUT2D eigenvalue weighted by atomic mass is 32.2. The molecule has 0 saturated heterocycles. The molecule has 0 aliphatic rings. The monoisotopic (exact) mass is 655 g/mol. The van der Waals surface area contributed by atoms with Crippen molar-refractivity contribution in [3.05, 3.63) is 108 Å². The molecule has 3 N–H and O–H groups in total. The molecule has 4 rings (SSSR count). The number of ether oxygens (including phenoxy) is 4. The summed E-state index contributed by atoms with van der Waals surface area (Å²) >= 11 is 1.34. The van der Waals surface area contributed by atoms with Crippen LogP contribution < -0.4 is 34.9 Å². The van der Waals surface area contributed by atoms with Gasteiger partial charge in [-0.25, -0.2) is 0 Å². The lowest BCUT2D eigenvalue weighted by Crippen LogP contribution is -2.30. The number of nitrogens with one attached hydrogen (secondary N) is 3. The predicted molar refractivity (Wildman–Crippen MR) is 185 cm³/mol. The topological polar surface area (TPSA) is 124 Å². The molecule has 244 valence electrons. The number of carbonyl (C=O) groups is 3. The average molecular weight is 656 g/mol. The van der Waals surface area contributed by atoms with Crippen molar-refractivity contribution in [3.8, 4) is 23.0 Å². The minimum atomic E-state index is -0.574. The zero-order valence-electron chi connectivity index (χ0n) is 26.8. The van der Waals surface area contributed by atoms with Crippen molar-refractivity contribution in [3.63, 3.8) is 0 Å². The number of amides is 3. The Morgan fingerprint density at radius 1 is 0.766 bits per heavy atom. The quantitative estimate of drug-likeness (QED) is 0.102. The van der Waals surface area contributed by atoms with Gasteiger partial charge in [-0.3, -0.25) is 14.4 Å². The van der Waals surface area contributed by atoms with Crippen molar-refractivity contribution in [1.82, 2.24) is 5.32 Å². The lowest BCUT2D eigenvalue weighted by atomic mass is 10.1. The molecule has 3 amide bonds. The van der Waals surface area contributed by atoms with Gasteiger partial charge in [0.2, 0.25) is 5.91 Å². The summed E-state index contributed by atoms with van der Waals surface area (Å²) in [5, 5.41) is 8.07. The first kappa shape index (κ1) is 34.5. The first-order valence-electron chi connectivity index (χ1n) is 14.7. The van der Waals surface area contributed by atoms with Crippen LogP contribution in [0.25, 0.3) is 6.08 Å². The molecule has 0 saturated carbocycles. The van der Waals surface area contributed by atoms with Gasteiger partial charge in [0.05, 0.1) is 33.2 Å². The predicted octanol–water partition coefficient (Wildman–Crippen LogP) is 6.64. The number of rotatable bonds is 14. The number of carbonyl (C=O) groups excluding carboxylic acids is 3. The summed E-state index contributed by atoms with van der Waals surface area (Å²) in [4.78, 5) is 40.5. The summed E-state index contributed by atoms with van der Waals surface area (Å²) in [6.45, 7) is 4.27. The van der Waals surface area contributed by atoms with Gasteiger partial charge in [-0.2, -0.15) is 0 Å². The standard InChI is InChI=1S/C36H37N3O7S/c1-6-46-28-17-15-26(16-18-28)37-34(40)23(2)47-29-14-10-13-27(21-29)38-36(42)30(39-35(41)24-11-8-7-9-12-24)19-25-20-32(44-4)33(45-5)22-31(25)43-3/h7-23H,6H2,1-5H3,(H,37,40)(H,38,42)(H,39,41)/b30-19+. The molecule has 0 aromatic heterocycles. The number of hydrogen-bond acceptors (Lipinski definition) is 8. The summed E-state index contributed by atoms with van der Waals surface area (Å²) in [5.41, 5.74) is 1.94. The fourth-order valence-corrected chi connectivity index (χ4v) is 5.34. The molecule has 1 unspecified atom stereocenters. The van der Waals surface area contributed by atoms with Crippen LogP contribution in [0.4, 0.5) is 11.4 Å². The molecule has 0 bridgehead atoms. The van der Waals surface area contributed by atoms with Gasteiger partial charge < -0.3 is 34.9 Å². The lowest BCUT2D eigenvalue weighted by molar-refractivity contribution is -0.115. The van der Waals surface area contributed by atoms with E-state index in [2.05, 4.69) is 16.0 Å². The first-order valence-corrected chi connectivity index (χ1v) is 15.6. The molecule has 1 atom stereocenters. The van der Waals surface area contributed by atoms with Crippen LogP contribution in [-0.2, 0) is 9.59 Å². The summed E-state index contributed by atoms with van der Waals surface area (Å²) in [7, 11) is 4.49. The van der Waals surface area contributed by atoms with Gasteiger partial charge in [0, 0.05) is 33.5 Å². The minimum absolute atomic E-state index is 0.0365. The van der Waals surface area contributed by atoms with E-state index in [1.165, 1.54) is 39.2 Å². The van der Waals surface area contributed by atoms with E-state index in [1.54, 1.807) is 91.9 Å². The van der Waals surface area contributed by atoms with E-state index < -0.39 is 17.1 Å². The summed E-state index contributed by atoms with van der Waals surface area (Å²) in [5.74, 6) is 0.769. The van der Waals surface area contributed by atoms with E-state index in [4.69, 9.17) is 18.9 Å². The van der Waals surface area contributed by atoms with Crippen LogP contribution in [0.1, 0.15) is 29.8 Å². The van der Waals surface area contributed by atoms with Gasteiger partial charge in [-0.05, 0) is 80.6 Å². The zero-order valence-corrected chi connectivity index (χ0v) is 27.6. The highest BCUT2D eigenvalue weighted by molar-refractivity contribution is 8.00. The molecular weight excluding hydrogens is 618 g/mol. The summed E-state index contributed by atoms with van der Waals surface area (Å²) in [6, 6.07) is 26.1. The molecule has 47 heavy (non-hydrogen) atoms. The summed E-state index contributed by atoms with van der Waals surface area (Å²) in [6.07, 6.45) is 1.50. The van der Waals surface area contributed by atoms with E-state index >= 15 is 0 Å². The van der Waals surface area contributed by atoms with Crippen molar-refractivity contribution < 1.29 is 33.3 Å². The summed E-state index contributed by atoms with van der Waals surface area (Å²) < 4.78 is 21.8. The Bertz CT molecular complexity index is 1730. The van der Waals surface area contributed by atoms with E-state index in [1.807, 2.05) is 13.0 Å². The molecule has 4 aromatic rings. The van der Waals surface area contributed by atoms with Crippen molar-refractivity contribution in [2.45, 2.75) is 24.0 Å². The number of methoxy groups -OCH3 is 3. The van der Waals surface area contributed by atoms with Gasteiger partial charge in [0.1, 0.15) is 17.2 Å². The maximum Gasteiger partial charge on any atom is 0.272 e.